The van der Waals surface area contributed by atoms with Crippen molar-refractivity contribution >= 4 is 5.82 Å². The van der Waals surface area contributed by atoms with Gasteiger partial charge in [-0.1, -0.05) is 0 Å². The van der Waals surface area contributed by atoms with E-state index in [1.165, 1.54) is 0 Å². The van der Waals surface area contributed by atoms with Gasteiger partial charge in [0.15, 0.2) is 5.69 Å². The molecule has 27 heavy (non-hydrogen) atoms. The summed E-state index contributed by atoms with van der Waals surface area (Å²) in [5.41, 5.74) is -1.54. The predicted octanol–water partition coefficient (Wildman–Crippen LogP) is 2.85. The molecule has 1 aliphatic carbocycles. The average Bonchev–Trinajstić information content (AvgIpc) is 3.49. The lowest BCUT2D eigenvalue weighted by molar-refractivity contribution is -0.142. The summed E-state index contributed by atoms with van der Waals surface area (Å²) in [7, 11) is 0. The molecule has 9 heteroatoms. The first kappa shape index (κ1) is 17.9. The minimum atomic E-state index is -4.55. The van der Waals surface area contributed by atoms with E-state index in [-0.39, 0.29) is 12.5 Å². The second-order valence-electron chi connectivity index (χ2n) is 7.21. The van der Waals surface area contributed by atoms with Crippen LogP contribution >= 0.6 is 0 Å². The van der Waals surface area contributed by atoms with Crippen molar-refractivity contribution in [2.24, 2.45) is 5.92 Å². The first-order valence-corrected chi connectivity index (χ1v) is 9.13. The third kappa shape index (κ3) is 4.12. The Bertz CT molecular complexity index is 870. The number of aromatic nitrogens is 4. The second kappa shape index (κ2) is 6.94. The molecule has 0 atom stereocenters. The van der Waals surface area contributed by atoms with E-state index in [9.17, 15) is 18.0 Å². The summed E-state index contributed by atoms with van der Waals surface area (Å²) < 4.78 is 39.4. The monoisotopic (exact) mass is 379 g/mol. The van der Waals surface area contributed by atoms with Gasteiger partial charge in [-0.25, -0.2) is 14.6 Å². The molecule has 0 aromatic carbocycles. The highest BCUT2D eigenvalue weighted by Crippen LogP contribution is 2.38. The molecule has 6 nitrogen and oxygen atoms in total. The molecule has 2 aliphatic rings. The third-order valence-corrected chi connectivity index (χ3v) is 5.13. The van der Waals surface area contributed by atoms with Gasteiger partial charge in [0.1, 0.15) is 11.6 Å². The first-order valence-electron chi connectivity index (χ1n) is 9.13. The van der Waals surface area contributed by atoms with Crippen LogP contribution in [0.3, 0.4) is 0 Å². The van der Waals surface area contributed by atoms with E-state index in [1.807, 2.05) is 6.07 Å². The number of hydrogen-bond acceptors (Lipinski definition) is 5. The fourth-order valence-electron chi connectivity index (χ4n) is 3.40. The highest BCUT2D eigenvalue weighted by molar-refractivity contribution is 5.38. The average molecular weight is 379 g/mol. The smallest absolute Gasteiger partial charge is 0.356 e. The molecule has 1 saturated carbocycles. The van der Waals surface area contributed by atoms with Crippen LogP contribution in [0, 0.1) is 5.92 Å². The topological polar surface area (TPSA) is 63.9 Å². The Morgan fingerprint density at radius 3 is 2.48 bits per heavy atom. The molecule has 1 saturated heterocycles. The lowest BCUT2D eigenvalue weighted by Crippen LogP contribution is -2.37. The van der Waals surface area contributed by atoms with Gasteiger partial charge in [0.25, 0.3) is 5.56 Å². The maximum absolute atomic E-state index is 12.8. The molecule has 0 bridgehead atoms. The zero-order chi connectivity index (χ0) is 19.0. The summed E-state index contributed by atoms with van der Waals surface area (Å²) >= 11 is 0. The van der Waals surface area contributed by atoms with Gasteiger partial charge in [-0.15, -0.1) is 0 Å². The van der Waals surface area contributed by atoms with Crippen molar-refractivity contribution in [3.05, 3.63) is 46.3 Å². The van der Waals surface area contributed by atoms with Crippen LogP contribution in [0.1, 0.15) is 43.1 Å². The number of anilines is 1. The molecule has 0 unspecified atom stereocenters. The van der Waals surface area contributed by atoms with Gasteiger partial charge in [0.05, 0.1) is 0 Å². The van der Waals surface area contributed by atoms with Gasteiger partial charge in [-0.2, -0.15) is 18.3 Å². The third-order valence-electron chi connectivity index (χ3n) is 5.13. The van der Waals surface area contributed by atoms with Crippen LogP contribution in [-0.2, 0) is 12.7 Å². The molecule has 1 aliphatic heterocycles. The molecule has 0 N–H and O–H groups in total. The number of hydrogen-bond donors (Lipinski definition) is 0. The summed E-state index contributed by atoms with van der Waals surface area (Å²) in [6, 6.07) is 3.56. The molecular formula is C18H20F3N5O. The van der Waals surface area contributed by atoms with Crippen LogP contribution in [0.4, 0.5) is 19.0 Å². The minimum absolute atomic E-state index is 0.111. The Kier molecular flexibility index (Phi) is 4.61. The Hall–Kier alpha value is -2.45. The van der Waals surface area contributed by atoms with Crippen LogP contribution < -0.4 is 10.5 Å². The Morgan fingerprint density at radius 2 is 1.81 bits per heavy atom. The van der Waals surface area contributed by atoms with Crippen molar-refractivity contribution in [3.63, 3.8) is 0 Å². The van der Waals surface area contributed by atoms with Crippen molar-refractivity contribution in [1.29, 1.82) is 0 Å². The van der Waals surface area contributed by atoms with Crippen molar-refractivity contribution in [1.82, 2.24) is 19.7 Å². The molecule has 0 spiro atoms. The summed E-state index contributed by atoms with van der Waals surface area (Å²) in [6.07, 6.45) is 1.06. The summed E-state index contributed by atoms with van der Waals surface area (Å²) in [6.45, 7) is 1.70. The summed E-state index contributed by atoms with van der Waals surface area (Å²) in [4.78, 5) is 23.0. The fraction of sp³-hybridized carbons (Fsp3) is 0.556. The van der Waals surface area contributed by atoms with Gasteiger partial charge in [0, 0.05) is 37.8 Å². The van der Waals surface area contributed by atoms with Crippen molar-refractivity contribution in [2.75, 3.05) is 18.0 Å². The van der Waals surface area contributed by atoms with Gasteiger partial charge in [-0.05, 0) is 43.7 Å². The molecule has 4 rings (SSSR count). The first-order chi connectivity index (χ1) is 12.9. The fourth-order valence-corrected chi connectivity index (χ4v) is 3.40. The molecule has 2 aromatic rings. The molecular weight excluding hydrogens is 359 g/mol. The molecule has 3 heterocycles. The number of alkyl halides is 3. The molecule has 0 radical (unpaired) electrons. The number of halogens is 3. The highest BCUT2D eigenvalue weighted by Gasteiger charge is 2.33. The van der Waals surface area contributed by atoms with Gasteiger partial charge in [0.2, 0.25) is 0 Å². The summed E-state index contributed by atoms with van der Waals surface area (Å²) in [5, 5.41) is 3.50. The summed E-state index contributed by atoms with van der Waals surface area (Å²) in [5.74, 6) is 2.40. The lowest BCUT2D eigenvalue weighted by atomic mass is 9.97. The van der Waals surface area contributed by atoms with Crippen molar-refractivity contribution in [3.8, 4) is 0 Å². The van der Waals surface area contributed by atoms with Crippen LogP contribution in [0.5, 0.6) is 0 Å². The van der Waals surface area contributed by atoms with E-state index < -0.39 is 17.4 Å². The maximum atomic E-state index is 12.8. The quantitative estimate of drug-likeness (QED) is 0.817. The molecule has 2 fully saturated rings. The lowest BCUT2D eigenvalue weighted by Gasteiger charge is -2.33. The largest absolute Gasteiger partial charge is 0.435 e. The Balaban J connectivity index is 1.40. The predicted molar refractivity (Wildman–Crippen MR) is 92.4 cm³/mol. The number of nitrogens with zero attached hydrogens (tertiary/aromatic N) is 5. The van der Waals surface area contributed by atoms with Crippen molar-refractivity contribution < 1.29 is 13.2 Å². The van der Waals surface area contributed by atoms with E-state index in [1.54, 1.807) is 6.20 Å². The Labute approximate surface area is 154 Å². The minimum Gasteiger partial charge on any atom is -0.356 e. The van der Waals surface area contributed by atoms with Crippen LogP contribution in [0.2, 0.25) is 0 Å². The normalized spacial score (nSPS) is 18.7. The molecule has 2 aromatic heterocycles. The SMILES string of the molecule is O=c1ccc(C(F)(F)F)nn1CC1CCN(c2ccnc(C3CC3)n2)CC1. The van der Waals surface area contributed by atoms with E-state index in [2.05, 4.69) is 20.0 Å². The van der Waals surface area contributed by atoms with E-state index >= 15 is 0 Å². The van der Waals surface area contributed by atoms with E-state index in [0.717, 1.165) is 67.2 Å². The van der Waals surface area contributed by atoms with E-state index in [0.29, 0.717) is 5.92 Å². The van der Waals surface area contributed by atoms with Gasteiger partial charge < -0.3 is 4.90 Å². The molecule has 0 amide bonds. The van der Waals surface area contributed by atoms with Crippen LogP contribution in [-0.4, -0.2) is 32.8 Å². The standard InChI is InChI=1S/C18H20F3N5O/c19-18(20,21)14-3-4-16(27)26(24-14)11-12-6-9-25(10-7-12)15-5-8-22-17(23-15)13-1-2-13/h3-5,8,12-13H,1-2,6-7,9-11H2. The number of piperidine rings is 1. The maximum Gasteiger partial charge on any atom is 0.435 e. The van der Waals surface area contributed by atoms with Gasteiger partial charge >= 0.3 is 6.18 Å². The zero-order valence-corrected chi connectivity index (χ0v) is 14.7. The van der Waals surface area contributed by atoms with Crippen LogP contribution in [0.15, 0.2) is 29.2 Å². The number of rotatable bonds is 4. The molecule has 144 valence electrons. The van der Waals surface area contributed by atoms with Crippen LogP contribution in [0.25, 0.3) is 0 Å². The highest BCUT2D eigenvalue weighted by atomic mass is 19.4. The Morgan fingerprint density at radius 1 is 1.07 bits per heavy atom. The zero-order valence-electron chi connectivity index (χ0n) is 14.7. The van der Waals surface area contributed by atoms with Gasteiger partial charge in [-0.3, -0.25) is 4.79 Å². The second-order valence-corrected chi connectivity index (χ2v) is 7.21. The van der Waals surface area contributed by atoms with E-state index in [4.69, 9.17) is 0 Å². The van der Waals surface area contributed by atoms with Crippen molar-refractivity contribution in [2.45, 2.75) is 44.3 Å².